The number of hydrogen-bond donors (Lipinski definition) is 1. The van der Waals surface area contributed by atoms with E-state index in [4.69, 9.17) is 0 Å². The van der Waals surface area contributed by atoms with E-state index in [0.29, 0.717) is 23.0 Å². The van der Waals surface area contributed by atoms with Crippen molar-refractivity contribution in [3.63, 3.8) is 0 Å². The molecular formula is C21H15FN4O2. The predicted octanol–water partition coefficient (Wildman–Crippen LogP) is 4.85. The molecule has 2 heterocycles. The van der Waals surface area contributed by atoms with Gasteiger partial charge in [-0.05, 0) is 35.9 Å². The molecule has 0 aliphatic heterocycles. The van der Waals surface area contributed by atoms with Crippen LogP contribution in [0, 0.1) is 5.82 Å². The maximum absolute atomic E-state index is 13.8. The van der Waals surface area contributed by atoms with Crippen molar-refractivity contribution in [1.82, 2.24) is 9.55 Å². The summed E-state index contributed by atoms with van der Waals surface area (Å²) in [6.45, 7) is 0.364. The second kappa shape index (κ2) is 7.40. The first-order chi connectivity index (χ1) is 13.6. The minimum absolute atomic E-state index is 0.0489. The lowest BCUT2D eigenvalue weighted by atomic mass is 10.2. The molecule has 0 saturated heterocycles. The molecule has 138 valence electrons. The zero-order chi connectivity index (χ0) is 19.5. The van der Waals surface area contributed by atoms with Crippen LogP contribution >= 0.6 is 0 Å². The van der Waals surface area contributed by atoms with E-state index < -0.39 is 11.7 Å². The lowest BCUT2D eigenvalue weighted by Gasteiger charge is -2.07. The minimum Gasteiger partial charge on any atom is -0.493 e. The summed E-state index contributed by atoms with van der Waals surface area (Å²) in [4.78, 5) is 16.0. The van der Waals surface area contributed by atoms with Gasteiger partial charge in [0, 0.05) is 23.3 Å². The zero-order valence-corrected chi connectivity index (χ0v) is 14.7. The molecule has 4 rings (SSSR count). The van der Waals surface area contributed by atoms with E-state index in [1.165, 1.54) is 36.7 Å². The molecule has 4 aromatic rings. The Morgan fingerprint density at radius 1 is 1.07 bits per heavy atom. The highest BCUT2D eigenvalue weighted by atomic mass is 19.1. The number of rotatable bonds is 4. The van der Waals surface area contributed by atoms with E-state index in [0.717, 1.165) is 5.56 Å². The maximum Gasteiger partial charge on any atom is 0.295 e. The van der Waals surface area contributed by atoms with Gasteiger partial charge in [-0.2, -0.15) is 0 Å². The number of aromatic hydroxyl groups is 1. The van der Waals surface area contributed by atoms with E-state index in [-0.39, 0.29) is 11.6 Å². The maximum atomic E-state index is 13.8. The van der Waals surface area contributed by atoms with Gasteiger partial charge in [0.2, 0.25) is 5.88 Å². The van der Waals surface area contributed by atoms with Crippen LogP contribution in [0.4, 0.5) is 10.1 Å². The van der Waals surface area contributed by atoms with Gasteiger partial charge in [0.25, 0.3) is 5.91 Å². The number of azo groups is 1. The number of carbonyl (C=O) groups excluding carboxylic acids is 1. The van der Waals surface area contributed by atoms with E-state index >= 15 is 0 Å². The third kappa shape index (κ3) is 3.37. The van der Waals surface area contributed by atoms with Crippen molar-refractivity contribution in [2.24, 2.45) is 10.2 Å². The number of hydrogen-bond acceptors (Lipinski definition) is 4. The van der Waals surface area contributed by atoms with Crippen LogP contribution in [0.3, 0.4) is 0 Å². The third-order valence-corrected chi connectivity index (χ3v) is 4.32. The van der Waals surface area contributed by atoms with Gasteiger partial charge in [-0.1, -0.05) is 30.3 Å². The lowest BCUT2D eigenvalue weighted by Crippen LogP contribution is -1.98. The molecule has 0 radical (unpaired) electrons. The van der Waals surface area contributed by atoms with Crippen LogP contribution in [-0.4, -0.2) is 20.6 Å². The Kier molecular flexibility index (Phi) is 4.63. The molecule has 2 aromatic heterocycles. The normalized spacial score (nSPS) is 11.3. The molecule has 0 aliphatic rings. The fraction of sp³-hybridized carbons (Fsp3) is 0.0476. The van der Waals surface area contributed by atoms with Gasteiger partial charge in [-0.15, -0.1) is 10.2 Å². The SMILES string of the molecule is O=C(N=Nc1c(O)n(Cc2ccccc2)c2ccc(F)cc12)c1ccncc1. The molecule has 1 N–H and O–H groups in total. The Morgan fingerprint density at radius 2 is 1.82 bits per heavy atom. The molecule has 0 aliphatic carbocycles. The Bertz CT molecular complexity index is 1170. The smallest absolute Gasteiger partial charge is 0.295 e. The van der Waals surface area contributed by atoms with Crippen LogP contribution < -0.4 is 0 Å². The number of carbonyl (C=O) groups is 1. The second-order valence-electron chi connectivity index (χ2n) is 6.15. The summed E-state index contributed by atoms with van der Waals surface area (Å²) in [5.41, 5.74) is 1.91. The number of amides is 1. The number of aromatic nitrogens is 2. The third-order valence-electron chi connectivity index (χ3n) is 4.32. The largest absolute Gasteiger partial charge is 0.493 e. The van der Waals surface area contributed by atoms with Gasteiger partial charge in [-0.25, -0.2) is 4.39 Å². The molecule has 0 fully saturated rings. The summed E-state index contributed by atoms with van der Waals surface area (Å²) in [5.74, 6) is -1.24. The van der Waals surface area contributed by atoms with E-state index in [1.54, 1.807) is 10.6 Å². The molecule has 28 heavy (non-hydrogen) atoms. The molecule has 7 heteroatoms. The Hall–Kier alpha value is -3.87. The van der Waals surface area contributed by atoms with Gasteiger partial charge < -0.3 is 9.67 Å². The van der Waals surface area contributed by atoms with E-state index in [9.17, 15) is 14.3 Å². The van der Waals surface area contributed by atoms with Crippen LogP contribution in [0.25, 0.3) is 10.9 Å². The van der Waals surface area contributed by atoms with Crippen LogP contribution in [0.15, 0.2) is 83.3 Å². The van der Waals surface area contributed by atoms with Crippen LogP contribution in [-0.2, 0) is 6.54 Å². The fourth-order valence-electron chi connectivity index (χ4n) is 2.97. The fourth-order valence-corrected chi connectivity index (χ4v) is 2.97. The molecule has 6 nitrogen and oxygen atoms in total. The van der Waals surface area contributed by atoms with E-state index in [2.05, 4.69) is 15.2 Å². The average Bonchev–Trinajstić information content (AvgIpc) is 2.98. The zero-order valence-electron chi connectivity index (χ0n) is 14.7. The van der Waals surface area contributed by atoms with Gasteiger partial charge >= 0.3 is 0 Å². The molecule has 1 amide bonds. The summed E-state index contributed by atoms with van der Waals surface area (Å²) in [6.07, 6.45) is 2.95. The topological polar surface area (TPSA) is 79.8 Å². The van der Waals surface area contributed by atoms with Crippen molar-refractivity contribution in [1.29, 1.82) is 0 Å². The van der Waals surface area contributed by atoms with Gasteiger partial charge in [0.1, 0.15) is 5.82 Å². The standard InChI is InChI=1S/C21H15FN4O2/c22-16-6-7-18-17(12-16)19(24-25-20(27)15-8-10-23-11-9-15)21(28)26(18)13-14-4-2-1-3-5-14/h1-12,28H,13H2. The Balaban J connectivity index is 1.77. The summed E-state index contributed by atoms with van der Waals surface area (Å²) in [7, 11) is 0. The summed E-state index contributed by atoms with van der Waals surface area (Å²) in [6, 6.07) is 16.7. The molecule has 0 bridgehead atoms. The lowest BCUT2D eigenvalue weighted by molar-refractivity contribution is 0.0995. The highest BCUT2D eigenvalue weighted by Crippen LogP contribution is 2.39. The molecule has 0 spiro atoms. The van der Waals surface area contributed by atoms with Crippen LogP contribution in [0.1, 0.15) is 15.9 Å². The highest BCUT2D eigenvalue weighted by Gasteiger charge is 2.18. The predicted molar refractivity (Wildman–Crippen MR) is 102 cm³/mol. The number of nitrogens with zero attached hydrogens (tertiary/aromatic N) is 4. The summed E-state index contributed by atoms with van der Waals surface area (Å²) < 4.78 is 15.4. The number of fused-ring (bicyclic) bond motifs is 1. The van der Waals surface area contributed by atoms with Gasteiger partial charge in [0.15, 0.2) is 5.69 Å². The van der Waals surface area contributed by atoms with Gasteiger partial charge in [-0.3, -0.25) is 9.78 Å². The molecule has 0 saturated carbocycles. The molecule has 2 aromatic carbocycles. The summed E-state index contributed by atoms with van der Waals surface area (Å²) >= 11 is 0. The van der Waals surface area contributed by atoms with Crippen molar-refractivity contribution >= 4 is 22.5 Å². The number of pyridine rings is 1. The van der Waals surface area contributed by atoms with Crippen molar-refractivity contribution in [3.8, 4) is 5.88 Å². The molecule has 0 unspecified atom stereocenters. The minimum atomic E-state index is -0.581. The van der Waals surface area contributed by atoms with Gasteiger partial charge in [0.05, 0.1) is 12.1 Å². The first kappa shape index (κ1) is 17.5. The Morgan fingerprint density at radius 3 is 2.57 bits per heavy atom. The summed E-state index contributed by atoms with van der Waals surface area (Å²) in [5, 5.41) is 18.7. The average molecular weight is 374 g/mol. The van der Waals surface area contributed by atoms with Crippen LogP contribution in [0.5, 0.6) is 5.88 Å². The Labute approximate surface area is 159 Å². The second-order valence-corrected chi connectivity index (χ2v) is 6.15. The quantitative estimate of drug-likeness (QED) is 0.518. The number of benzene rings is 2. The first-order valence-corrected chi connectivity index (χ1v) is 8.54. The monoisotopic (exact) mass is 374 g/mol. The van der Waals surface area contributed by atoms with Crippen molar-refractivity contribution in [2.75, 3.05) is 0 Å². The number of halogens is 1. The van der Waals surface area contributed by atoms with E-state index in [1.807, 2.05) is 30.3 Å². The van der Waals surface area contributed by atoms with Crippen LogP contribution in [0.2, 0.25) is 0 Å². The molecular weight excluding hydrogens is 359 g/mol. The molecule has 0 atom stereocenters. The van der Waals surface area contributed by atoms with Crippen molar-refractivity contribution in [3.05, 3.63) is 90.0 Å². The van der Waals surface area contributed by atoms with Crippen molar-refractivity contribution < 1.29 is 14.3 Å². The highest BCUT2D eigenvalue weighted by molar-refractivity contribution is 5.97. The first-order valence-electron chi connectivity index (χ1n) is 8.54. The van der Waals surface area contributed by atoms with Crippen molar-refractivity contribution in [2.45, 2.75) is 6.54 Å².